The molecule has 0 aromatic heterocycles. The van der Waals surface area contributed by atoms with Crippen molar-refractivity contribution >= 4 is 22.6 Å². The van der Waals surface area contributed by atoms with E-state index >= 15 is 0 Å². The highest BCUT2D eigenvalue weighted by atomic mass is 127. The van der Waals surface area contributed by atoms with Crippen LogP contribution in [0.4, 0.5) is 0 Å². The lowest BCUT2D eigenvalue weighted by Gasteiger charge is -2.08. The van der Waals surface area contributed by atoms with Crippen LogP contribution in [0.25, 0.3) is 0 Å². The van der Waals surface area contributed by atoms with Crippen LogP contribution in [-0.2, 0) is 0 Å². The van der Waals surface area contributed by atoms with E-state index in [9.17, 15) is 5.11 Å². The number of rotatable bonds is 1. The molecule has 1 aliphatic rings. The second-order valence-electron chi connectivity index (χ2n) is 3.35. The van der Waals surface area contributed by atoms with Gasteiger partial charge >= 0.3 is 0 Å². The van der Waals surface area contributed by atoms with Crippen LogP contribution in [0, 0.1) is 3.57 Å². The molecule has 1 aromatic carbocycles. The maximum Gasteiger partial charge on any atom is 0.0729 e. The van der Waals surface area contributed by atoms with Gasteiger partial charge in [-0.2, -0.15) is 0 Å². The Kier molecular flexibility index (Phi) is 2.69. The van der Waals surface area contributed by atoms with Crippen LogP contribution in [0.3, 0.4) is 0 Å². The second-order valence-corrected chi connectivity index (χ2v) is 4.59. The fourth-order valence-electron chi connectivity index (χ4n) is 1.64. The van der Waals surface area contributed by atoms with Crippen molar-refractivity contribution in [2.75, 3.05) is 0 Å². The van der Waals surface area contributed by atoms with E-state index < -0.39 is 0 Å². The molecule has 2 heteroatoms. The molecular formula is C11H11IO. The van der Waals surface area contributed by atoms with Crippen LogP contribution < -0.4 is 0 Å². The summed E-state index contributed by atoms with van der Waals surface area (Å²) in [6.45, 7) is 0. The van der Waals surface area contributed by atoms with Crippen molar-refractivity contribution in [3.63, 3.8) is 0 Å². The quantitative estimate of drug-likeness (QED) is 0.621. The monoisotopic (exact) mass is 286 g/mol. The molecule has 0 saturated heterocycles. The van der Waals surface area contributed by atoms with Gasteiger partial charge in [0.15, 0.2) is 0 Å². The van der Waals surface area contributed by atoms with Crippen LogP contribution in [0.2, 0.25) is 0 Å². The second kappa shape index (κ2) is 3.80. The summed E-state index contributed by atoms with van der Waals surface area (Å²) in [5.41, 5.74) is 1.30. The normalized spacial score (nSPS) is 26.6. The zero-order chi connectivity index (χ0) is 9.26. The first-order valence-electron chi connectivity index (χ1n) is 4.37. The van der Waals surface area contributed by atoms with E-state index in [0.29, 0.717) is 5.92 Å². The van der Waals surface area contributed by atoms with Crippen LogP contribution in [0.15, 0.2) is 36.4 Å². The standard InChI is InChI=1S/C11H11IO/c12-10-4-1-8(2-5-10)9-3-6-11(13)7-9/h1-6,9,11,13H,7H2/t9-,11+/m0/s1. The zero-order valence-electron chi connectivity index (χ0n) is 7.15. The Morgan fingerprint density at radius 1 is 1.15 bits per heavy atom. The summed E-state index contributed by atoms with van der Waals surface area (Å²) in [4.78, 5) is 0. The molecule has 1 aromatic rings. The van der Waals surface area contributed by atoms with Gasteiger partial charge in [0.05, 0.1) is 6.10 Å². The molecule has 0 unspecified atom stereocenters. The summed E-state index contributed by atoms with van der Waals surface area (Å²) in [7, 11) is 0. The van der Waals surface area contributed by atoms with Gasteiger partial charge < -0.3 is 5.11 Å². The van der Waals surface area contributed by atoms with Crippen molar-refractivity contribution in [3.05, 3.63) is 45.6 Å². The highest BCUT2D eigenvalue weighted by Gasteiger charge is 2.17. The van der Waals surface area contributed by atoms with Gasteiger partial charge in [0.2, 0.25) is 0 Å². The fourth-order valence-corrected chi connectivity index (χ4v) is 2.00. The Morgan fingerprint density at radius 2 is 1.85 bits per heavy atom. The van der Waals surface area contributed by atoms with Crippen molar-refractivity contribution < 1.29 is 5.11 Å². The highest BCUT2D eigenvalue weighted by molar-refractivity contribution is 14.1. The van der Waals surface area contributed by atoms with Crippen molar-refractivity contribution in [2.45, 2.75) is 18.4 Å². The van der Waals surface area contributed by atoms with Crippen LogP contribution >= 0.6 is 22.6 Å². The third-order valence-electron chi connectivity index (χ3n) is 2.36. The van der Waals surface area contributed by atoms with E-state index in [1.165, 1.54) is 9.13 Å². The Bertz CT molecular complexity index is 315. The Balaban J connectivity index is 2.18. The van der Waals surface area contributed by atoms with Gasteiger partial charge in [-0.3, -0.25) is 0 Å². The molecular weight excluding hydrogens is 275 g/mol. The molecule has 1 nitrogen and oxygen atoms in total. The number of allylic oxidation sites excluding steroid dienone is 1. The number of hydrogen-bond acceptors (Lipinski definition) is 1. The molecule has 0 amide bonds. The van der Waals surface area contributed by atoms with Gasteiger partial charge in [0.25, 0.3) is 0 Å². The molecule has 0 bridgehead atoms. The summed E-state index contributed by atoms with van der Waals surface area (Å²) in [6, 6.07) is 8.48. The summed E-state index contributed by atoms with van der Waals surface area (Å²) >= 11 is 2.30. The molecule has 1 aliphatic carbocycles. The van der Waals surface area contributed by atoms with Gasteiger partial charge in [-0.1, -0.05) is 24.3 Å². The van der Waals surface area contributed by atoms with E-state index in [1.807, 2.05) is 6.08 Å². The maximum absolute atomic E-state index is 9.33. The van der Waals surface area contributed by atoms with E-state index in [0.717, 1.165) is 6.42 Å². The molecule has 0 spiro atoms. The topological polar surface area (TPSA) is 20.2 Å². The molecule has 0 fully saturated rings. The van der Waals surface area contributed by atoms with Gasteiger partial charge in [0.1, 0.15) is 0 Å². The van der Waals surface area contributed by atoms with Crippen molar-refractivity contribution in [1.29, 1.82) is 0 Å². The van der Waals surface area contributed by atoms with E-state index in [-0.39, 0.29) is 6.10 Å². The largest absolute Gasteiger partial charge is 0.389 e. The van der Waals surface area contributed by atoms with Crippen LogP contribution in [0.1, 0.15) is 17.9 Å². The van der Waals surface area contributed by atoms with Gasteiger partial charge in [-0.25, -0.2) is 0 Å². The average molecular weight is 286 g/mol. The minimum atomic E-state index is -0.246. The molecule has 0 radical (unpaired) electrons. The summed E-state index contributed by atoms with van der Waals surface area (Å²) in [5, 5.41) is 9.33. The Hall–Kier alpha value is -0.350. The third-order valence-corrected chi connectivity index (χ3v) is 3.08. The lowest BCUT2D eigenvalue weighted by atomic mass is 9.99. The average Bonchev–Trinajstić information content (AvgIpc) is 2.53. The third kappa shape index (κ3) is 2.11. The van der Waals surface area contributed by atoms with E-state index in [4.69, 9.17) is 0 Å². The first-order chi connectivity index (χ1) is 6.25. The Morgan fingerprint density at radius 3 is 2.38 bits per heavy atom. The minimum Gasteiger partial charge on any atom is -0.389 e. The SMILES string of the molecule is O[C@@H]1C=C[C@H](c2ccc(I)cc2)C1. The number of aliphatic hydroxyl groups excluding tert-OH is 1. The molecule has 2 atom stereocenters. The van der Waals surface area contributed by atoms with Crippen LogP contribution in [-0.4, -0.2) is 11.2 Å². The van der Waals surface area contributed by atoms with Gasteiger partial charge in [-0.05, 0) is 46.7 Å². The predicted octanol–water partition coefficient (Wildman–Crippen LogP) is 2.70. The van der Waals surface area contributed by atoms with Crippen LogP contribution in [0.5, 0.6) is 0 Å². The maximum atomic E-state index is 9.33. The van der Waals surface area contributed by atoms with Crippen molar-refractivity contribution in [2.24, 2.45) is 0 Å². The zero-order valence-corrected chi connectivity index (χ0v) is 9.31. The first-order valence-corrected chi connectivity index (χ1v) is 5.45. The predicted molar refractivity (Wildman–Crippen MR) is 61.7 cm³/mol. The number of halogens is 1. The van der Waals surface area contributed by atoms with E-state index in [2.05, 4.69) is 52.9 Å². The fraction of sp³-hybridized carbons (Fsp3) is 0.273. The van der Waals surface area contributed by atoms with Gasteiger partial charge in [-0.15, -0.1) is 0 Å². The lowest BCUT2D eigenvalue weighted by Crippen LogP contribution is -2.00. The van der Waals surface area contributed by atoms with Crippen molar-refractivity contribution in [3.8, 4) is 0 Å². The molecule has 0 aliphatic heterocycles. The molecule has 2 rings (SSSR count). The van der Waals surface area contributed by atoms with E-state index in [1.54, 1.807) is 0 Å². The molecule has 68 valence electrons. The summed E-state index contributed by atoms with van der Waals surface area (Å²) in [6.07, 6.45) is 4.56. The molecule has 13 heavy (non-hydrogen) atoms. The minimum absolute atomic E-state index is 0.246. The molecule has 0 heterocycles. The first kappa shape index (κ1) is 9.21. The number of hydrogen-bond donors (Lipinski definition) is 1. The summed E-state index contributed by atoms with van der Waals surface area (Å²) in [5.74, 6) is 0.409. The van der Waals surface area contributed by atoms with Gasteiger partial charge in [0, 0.05) is 9.49 Å². The number of aliphatic hydroxyl groups is 1. The highest BCUT2D eigenvalue weighted by Crippen LogP contribution is 2.28. The summed E-state index contributed by atoms with van der Waals surface area (Å²) < 4.78 is 1.25. The molecule has 0 saturated carbocycles. The smallest absolute Gasteiger partial charge is 0.0729 e. The number of benzene rings is 1. The molecule has 1 N–H and O–H groups in total. The Labute approximate surface area is 91.6 Å². The van der Waals surface area contributed by atoms with Crippen molar-refractivity contribution in [1.82, 2.24) is 0 Å². The lowest BCUT2D eigenvalue weighted by molar-refractivity contribution is 0.218.